The van der Waals surface area contributed by atoms with Crippen molar-refractivity contribution in [2.45, 2.75) is 38.5 Å². The fourth-order valence-electron chi connectivity index (χ4n) is 10.7. The summed E-state index contributed by atoms with van der Waals surface area (Å²) in [6.07, 6.45) is 0. The molecule has 2 aliphatic rings. The van der Waals surface area contributed by atoms with Crippen LogP contribution in [0.4, 0.5) is 0 Å². The molecule has 0 saturated heterocycles. The van der Waals surface area contributed by atoms with Gasteiger partial charge >= 0.3 is 0 Å². The topological polar surface area (TPSA) is 4.93 Å². The van der Waals surface area contributed by atoms with E-state index in [0.717, 1.165) is 0 Å². The van der Waals surface area contributed by atoms with Gasteiger partial charge in [-0.25, -0.2) is 0 Å². The van der Waals surface area contributed by atoms with Crippen molar-refractivity contribution in [1.82, 2.24) is 4.57 Å². The Balaban J connectivity index is 1.20. The van der Waals surface area contributed by atoms with E-state index in [9.17, 15) is 0 Å². The van der Waals surface area contributed by atoms with Gasteiger partial charge in [0.1, 0.15) is 0 Å². The molecule has 9 aromatic carbocycles. The molecule has 0 atom stereocenters. The summed E-state index contributed by atoms with van der Waals surface area (Å²) in [5.41, 5.74) is 17.0. The lowest BCUT2D eigenvalue weighted by atomic mass is 9.81. The van der Waals surface area contributed by atoms with Crippen molar-refractivity contribution in [3.8, 4) is 39.1 Å². The summed E-state index contributed by atoms with van der Waals surface area (Å²) >= 11 is 0. The number of hydrogen-bond donors (Lipinski definition) is 0. The summed E-state index contributed by atoms with van der Waals surface area (Å²) in [7, 11) is 0. The smallest absolute Gasteiger partial charge is 0.0626 e. The monoisotopic (exact) mass is 701 g/mol. The molecule has 12 rings (SSSR count). The predicted molar refractivity (Wildman–Crippen MR) is 234 cm³/mol. The third-order valence-electron chi connectivity index (χ3n) is 13.4. The van der Waals surface area contributed by atoms with E-state index in [1.807, 2.05) is 0 Å². The molecule has 1 aromatic heterocycles. The quantitative estimate of drug-likeness (QED) is 0.158. The normalized spacial score (nSPS) is 14.8. The molecule has 0 N–H and O–H groups in total. The molecule has 55 heavy (non-hydrogen) atoms. The Labute approximate surface area is 321 Å². The maximum absolute atomic E-state index is 2.57. The summed E-state index contributed by atoms with van der Waals surface area (Å²) in [6.45, 7) is 9.50. The van der Waals surface area contributed by atoms with E-state index in [1.165, 1.54) is 115 Å². The molecule has 1 heteroatoms. The van der Waals surface area contributed by atoms with Crippen LogP contribution in [0.1, 0.15) is 49.9 Å². The van der Waals surface area contributed by atoms with Gasteiger partial charge in [0.15, 0.2) is 0 Å². The first-order chi connectivity index (χ1) is 26.8. The van der Waals surface area contributed by atoms with Crippen LogP contribution in [0.15, 0.2) is 164 Å². The van der Waals surface area contributed by atoms with Gasteiger partial charge in [-0.1, -0.05) is 161 Å². The number of hydrogen-bond acceptors (Lipinski definition) is 0. The largest absolute Gasteiger partial charge is 0.309 e. The average molecular weight is 702 g/mol. The minimum atomic E-state index is -0.0974. The van der Waals surface area contributed by atoms with Crippen molar-refractivity contribution in [3.05, 3.63) is 186 Å². The second-order valence-corrected chi connectivity index (χ2v) is 16.9. The van der Waals surface area contributed by atoms with E-state index in [1.54, 1.807) is 0 Å². The van der Waals surface area contributed by atoms with Crippen molar-refractivity contribution < 1.29 is 0 Å². The van der Waals surface area contributed by atoms with Crippen molar-refractivity contribution in [2.75, 3.05) is 0 Å². The first-order valence-electron chi connectivity index (χ1n) is 19.6. The molecule has 1 nitrogen and oxygen atoms in total. The highest BCUT2D eigenvalue weighted by Crippen LogP contribution is 2.52. The van der Waals surface area contributed by atoms with Crippen LogP contribution in [0.2, 0.25) is 0 Å². The summed E-state index contributed by atoms with van der Waals surface area (Å²) < 4.78 is 2.57. The van der Waals surface area contributed by atoms with Gasteiger partial charge in [-0.3, -0.25) is 0 Å². The van der Waals surface area contributed by atoms with Crippen LogP contribution in [0.5, 0.6) is 0 Å². The molecular weight excluding hydrogens is 663 g/mol. The second kappa shape index (κ2) is 10.6. The van der Waals surface area contributed by atoms with Crippen LogP contribution in [-0.4, -0.2) is 4.57 Å². The average Bonchev–Trinajstić information content (AvgIpc) is 3.77. The molecular formula is C54H39N. The number of benzene rings is 9. The highest BCUT2D eigenvalue weighted by molar-refractivity contribution is 6.37. The van der Waals surface area contributed by atoms with E-state index < -0.39 is 0 Å². The molecule has 0 aliphatic heterocycles. The molecule has 0 unspecified atom stereocenters. The minimum absolute atomic E-state index is 0.0584. The van der Waals surface area contributed by atoms with Gasteiger partial charge in [-0.05, 0) is 108 Å². The summed E-state index contributed by atoms with van der Waals surface area (Å²) in [5, 5.41) is 10.3. The van der Waals surface area contributed by atoms with E-state index in [4.69, 9.17) is 0 Å². The molecule has 0 saturated carbocycles. The van der Waals surface area contributed by atoms with E-state index in [-0.39, 0.29) is 10.8 Å². The van der Waals surface area contributed by atoms with Gasteiger partial charge < -0.3 is 4.57 Å². The molecule has 0 amide bonds. The van der Waals surface area contributed by atoms with Gasteiger partial charge in [0.05, 0.1) is 11.0 Å². The van der Waals surface area contributed by atoms with Crippen LogP contribution in [0, 0.1) is 0 Å². The standard InChI is InChI=1S/C54H39N/c1-53(2)45-19-11-9-16-38(45)40-25-22-34(30-47(40)53)33-23-28-49-44(29-33)51-50-36-14-6-5-13-32(36)21-26-42(50)37-15-7-8-18-43(37)52(51)55(49)35-24-27-41-39-17-10-12-20-46(39)54(3,4)48(41)31-35/h5-31H,1-4H3. The van der Waals surface area contributed by atoms with E-state index in [0.29, 0.717) is 0 Å². The van der Waals surface area contributed by atoms with Gasteiger partial charge in [0.2, 0.25) is 0 Å². The SMILES string of the molecule is CC1(C)c2ccccc2-c2ccc(-c3ccc4c(c3)c3c5c6ccccc6ccc5c5ccccc5c3n4-c3ccc4c(c3)C(C)(C)c3ccccc3-4)cc21. The summed E-state index contributed by atoms with van der Waals surface area (Å²) in [5.74, 6) is 0. The zero-order chi connectivity index (χ0) is 36.8. The van der Waals surface area contributed by atoms with Crippen molar-refractivity contribution >= 4 is 54.1 Å². The number of nitrogens with zero attached hydrogens (tertiary/aromatic N) is 1. The molecule has 0 spiro atoms. The minimum Gasteiger partial charge on any atom is -0.309 e. The van der Waals surface area contributed by atoms with Crippen molar-refractivity contribution in [2.24, 2.45) is 0 Å². The lowest BCUT2D eigenvalue weighted by Gasteiger charge is -2.22. The summed E-state index contributed by atoms with van der Waals surface area (Å²) in [6, 6.07) is 62.0. The zero-order valence-electron chi connectivity index (χ0n) is 31.5. The van der Waals surface area contributed by atoms with Crippen LogP contribution in [0.25, 0.3) is 93.2 Å². The van der Waals surface area contributed by atoms with Crippen LogP contribution >= 0.6 is 0 Å². The Morgan fingerprint density at radius 1 is 0.364 bits per heavy atom. The van der Waals surface area contributed by atoms with Crippen LogP contribution < -0.4 is 0 Å². The fraction of sp³-hybridized carbons (Fsp3) is 0.111. The Morgan fingerprint density at radius 3 is 1.67 bits per heavy atom. The molecule has 0 bridgehead atoms. The molecule has 2 aliphatic carbocycles. The van der Waals surface area contributed by atoms with Crippen molar-refractivity contribution in [3.63, 3.8) is 0 Å². The van der Waals surface area contributed by atoms with Gasteiger partial charge in [-0.15, -0.1) is 0 Å². The fourth-order valence-corrected chi connectivity index (χ4v) is 10.7. The van der Waals surface area contributed by atoms with Gasteiger partial charge in [0.25, 0.3) is 0 Å². The number of aromatic nitrogens is 1. The van der Waals surface area contributed by atoms with E-state index in [2.05, 4.69) is 196 Å². The van der Waals surface area contributed by atoms with Crippen molar-refractivity contribution in [1.29, 1.82) is 0 Å². The Bertz CT molecular complexity index is 3310. The molecule has 1 heterocycles. The zero-order valence-corrected chi connectivity index (χ0v) is 31.5. The van der Waals surface area contributed by atoms with Crippen LogP contribution in [0.3, 0.4) is 0 Å². The highest BCUT2D eigenvalue weighted by atomic mass is 15.0. The molecule has 0 fully saturated rings. The highest BCUT2D eigenvalue weighted by Gasteiger charge is 2.37. The van der Waals surface area contributed by atoms with Gasteiger partial charge in [-0.2, -0.15) is 0 Å². The third kappa shape index (κ3) is 3.98. The first-order valence-corrected chi connectivity index (χ1v) is 19.6. The lowest BCUT2D eigenvalue weighted by molar-refractivity contribution is 0.660. The number of fused-ring (bicyclic) bond motifs is 16. The first kappa shape index (κ1) is 31.0. The van der Waals surface area contributed by atoms with Crippen LogP contribution in [-0.2, 0) is 10.8 Å². The third-order valence-corrected chi connectivity index (χ3v) is 13.4. The Morgan fingerprint density at radius 2 is 0.927 bits per heavy atom. The predicted octanol–water partition coefficient (Wildman–Crippen LogP) is 14.5. The second-order valence-electron chi connectivity index (χ2n) is 16.9. The van der Waals surface area contributed by atoms with Gasteiger partial charge in [0, 0.05) is 38.1 Å². The molecule has 10 aromatic rings. The Kier molecular flexibility index (Phi) is 5.98. The maximum atomic E-state index is 2.57. The number of rotatable bonds is 2. The summed E-state index contributed by atoms with van der Waals surface area (Å²) in [4.78, 5) is 0. The molecule has 0 radical (unpaired) electrons. The lowest BCUT2D eigenvalue weighted by Crippen LogP contribution is -2.15. The molecule has 260 valence electrons. The Hall–Kier alpha value is -6.44. The van der Waals surface area contributed by atoms with E-state index >= 15 is 0 Å². The maximum Gasteiger partial charge on any atom is 0.0626 e.